The van der Waals surface area contributed by atoms with E-state index in [1.807, 2.05) is 70.1 Å². The Morgan fingerprint density at radius 1 is 0.519 bits per heavy atom. The zero-order chi connectivity index (χ0) is 40.1. The van der Waals surface area contributed by atoms with Gasteiger partial charge in [0.2, 0.25) is 5.91 Å². The van der Waals surface area contributed by atoms with Crippen LogP contribution in [0, 0.1) is 5.92 Å². The predicted molar refractivity (Wildman–Crippen MR) is 200 cm³/mol. The van der Waals surface area contributed by atoms with Gasteiger partial charge in [-0.05, 0) is 89.0 Å². The molecule has 300 valence electrons. The highest BCUT2D eigenvalue weighted by molar-refractivity contribution is 5.83. The van der Waals surface area contributed by atoms with Gasteiger partial charge < -0.3 is 33.6 Å². The number of ether oxygens (including phenoxy) is 4. The van der Waals surface area contributed by atoms with Crippen molar-refractivity contribution in [2.24, 2.45) is 5.92 Å². The number of carbonyl (C=O) groups is 5. The van der Waals surface area contributed by atoms with Crippen LogP contribution in [-0.2, 0) is 42.9 Å². The van der Waals surface area contributed by atoms with E-state index in [9.17, 15) is 24.0 Å². The lowest BCUT2D eigenvalue weighted by atomic mass is 10.2. The molecule has 0 unspecified atom stereocenters. The molecule has 0 fully saturated rings. The molecule has 0 aromatic carbocycles. The van der Waals surface area contributed by atoms with Crippen LogP contribution >= 0.6 is 0 Å². The lowest BCUT2D eigenvalue weighted by Crippen LogP contribution is -2.48. The van der Waals surface area contributed by atoms with Crippen molar-refractivity contribution in [2.75, 3.05) is 78.5 Å². The summed E-state index contributed by atoms with van der Waals surface area (Å²) < 4.78 is 22.4. The van der Waals surface area contributed by atoms with Crippen molar-refractivity contribution in [1.29, 1.82) is 0 Å². The van der Waals surface area contributed by atoms with Crippen LogP contribution in [0.25, 0.3) is 0 Å². The van der Waals surface area contributed by atoms with Crippen molar-refractivity contribution in [2.45, 2.75) is 119 Å². The maximum Gasteiger partial charge on any atom is 0.326 e. The third-order valence-corrected chi connectivity index (χ3v) is 6.94. The number of amides is 1. The summed E-state index contributed by atoms with van der Waals surface area (Å²) in [6, 6.07) is 0. The predicted octanol–water partition coefficient (Wildman–Crippen LogP) is 3.53. The number of nitrogens with zero attached hydrogens (tertiary/aromatic N) is 5. The molecule has 0 saturated carbocycles. The Morgan fingerprint density at radius 3 is 1.21 bits per heavy atom. The quantitative estimate of drug-likeness (QED) is 0.213. The van der Waals surface area contributed by atoms with Crippen LogP contribution < -0.4 is 0 Å². The van der Waals surface area contributed by atoms with Gasteiger partial charge >= 0.3 is 23.9 Å². The molecule has 52 heavy (non-hydrogen) atoms. The molecule has 1 heterocycles. The molecule has 0 saturated heterocycles. The summed E-state index contributed by atoms with van der Waals surface area (Å²) in [7, 11) is 0. The SMILES string of the molecule is CC(C)CN(CC(=O)OC(C)(C)C)C(=O)CN1/C=C\N(CC(=O)OC(C)(C)C)CCN(CC(=O)OC(C)(C)C)CCN(CC(=O)OC(C)(C)C)CC1. The number of hydrogen-bond acceptors (Lipinski definition) is 13. The first kappa shape index (κ1) is 46.6. The van der Waals surface area contributed by atoms with E-state index in [0.29, 0.717) is 45.8 Å². The highest BCUT2D eigenvalue weighted by atomic mass is 16.6. The lowest BCUT2D eigenvalue weighted by molar-refractivity contribution is -0.159. The summed E-state index contributed by atoms with van der Waals surface area (Å²) in [5.74, 6) is -1.85. The summed E-state index contributed by atoms with van der Waals surface area (Å²) in [6.45, 7) is 27.9. The molecule has 0 aliphatic carbocycles. The van der Waals surface area contributed by atoms with Gasteiger partial charge in [-0.3, -0.25) is 33.8 Å². The molecule has 1 amide bonds. The zero-order valence-corrected chi connectivity index (χ0v) is 34.6. The molecule has 0 spiro atoms. The Morgan fingerprint density at radius 2 is 0.846 bits per heavy atom. The Kier molecular flexibility index (Phi) is 18.1. The van der Waals surface area contributed by atoms with Gasteiger partial charge in [-0.25, -0.2) is 0 Å². The van der Waals surface area contributed by atoms with Crippen molar-refractivity contribution in [3.05, 3.63) is 12.4 Å². The van der Waals surface area contributed by atoms with Gasteiger partial charge in [0.1, 0.15) is 35.5 Å². The Balaban J connectivity index is 3.48. The molecule has 0 N–H and O–H groups in total. The molecule has 0 radical (unpaired) electrons. The zero-order valence-electron chi connectivity index (χ0n) is 34.6. The van der Waals surface area contributed by atoms with Gasteiger partial charge in [0, 0.05) is 58.2 Å². The Labute approximate surface area is 313 Å². The monoisotopic (exact) mass is 740 g/mol. The summed E-state index contributed by atoms with van der Waals surface area (Å²) in [6.07, 6.45) is 3.48. The highest BCUT2D eigenvalue weighted by Gasteiger charge is 2.27. The van der Waals surface area contributed by atoms with Crippen molar-refractivity contribution < 1.29 is 42.9 Å². The largest absolute Gasteiger partial charge is 0.459 e. The summed E-state index contributed by atoms with van der Waals surface area (Å²) >= 11 is 0. The molecule has 0 bridgehead atoms. The van der Waals surface area contributed by atoms with E-state index in [-0.39, 0.29) is 56.5 Å². The molecular formula is C38H69N5O9. The molecule has 0 aromatic rings. The molecular weight excluding hydrogens is 670 g/mol. The van der Waals surface area contributed by atoms with E-state index >= 15 is 0 Å². The average Bonchev–Trinajstić information content (AvgIpc) is 2.89. The van der Waals surface area contributed by atoms with E-state index in [1.54, 1.807) is 58.8 Å². The average molecular weight is 740 g/mol. The maximum atomic E-state index is 13.8. The molecule has 0 aromatic heterocycles. The van der Waals surface area contributed by atoms with E-state index in [4.69, 9.17) is 18.9 Å². The van der Waals surface area contributed by atoms with Gasteiger partial charge in [-0.15, -0.1) is 0 Å². The number of carbonyl (C=O) groups excluding carboxylic acids is 5. The molecule has 1 aliphatic rings. The molecule has 1 rings (SSSR count). The maximum absolute atomic E-state index is 13.8. The second-order valence-electron chi connectivity index (χ2n) is 17.8. The van der Waals surface area contributed by atoms with E-state index in [2.05, 4.69) is 0 Å². The summed E-state index contributed by atoms with van der Waals surface area (Å²) in [4.78, 5) is 74.4. The third-order valence-electron chi connectivity index (χ3n) is 6.94. The van der Waals surface area contributed by atoms with Crippen LogP contribution in [-0.4, -0.2) is 155 Å². The molecule has 14 heteroatoms. The van der Waals surface area contributed by atoms with Crippen LogP contribution in [0.15, 0.2) is 12.4 Å². The topological polar surface area (TPSA) is 138 Å². The summed E-state index contributed by atoms with van der Waals surface area (Å²) in [5, 5.41) is 0. The number of rotatable bonds is 12. The first-order valence-electron chi connectivity index (χ1n) is 18.4. The highest BCUT2D eigenvalue weighted by Crippen LogP contribution is 2.13. The second-order valence-corrected chi connectivity index (χ2v) is 17.8. The van der Waals surface area contributed by atoms with Gasteiger partial charge in [0.25, 0.3) is 0 Å². The van der Waals surface area contributed by atoms with Crippen LogP contribution in [0.4, 0.5) is 0 Å². The number of esters is 4. The fourth-order valence-corrected chi connectivity index (χ4v) is 5.11. The minimum absolute atomic E-state index is 0.00589. The van der Waals surface area contributed by atoms with Crippen molar-refractivity contribution in [3.8, 4) is 0 Å². The van der Waals surface area contributed by atoms with Crippen molar-refractivity contribution in [1.82, 2.24) is 24.5 Å². The smallest absolute Gasteiger partial charge is 0.326 e. The summed E-state index contributed by atoms with van der Waals surface area (Å²) in [5.41, 5.74) is -2.70. The fourth-order valence-electron chi connectivity index (χ4n) is 5.11. The van der Waals surface area contributed by atoms with Gasteiger partial charge in [-0.1, -0.05) is 13.8 Å². The minimum Gasteiger partial charge on any atom is -0.459 e. The Bertz CT molecular complexity index is 1210. The normalized spacial score (nSPS) is 16.8. The van der Waals surface area contributed by atoms with Crippen molar-refractivity contribution in [3.63, 3.8) is 0 Å². The van der Waals surface area contributed by atoms with E-state index in [0.717, 1.165) is 0 Å². The van der Waals surface area contributed by atoms with Gasteiger partial charge in [-0.2, -0.15) is 0 Å². The first-order valence-corrected chi connectivity index (χ1v) is 18.4. The minimum atomic E-state index is -0.693. The molecule has 1 aliphatic heterocycles. The number of hydrogen-bond donors (Lipinski definition) is 0. The van der Waals surface area contributed by atoms with E-state index in [1.165, 1.54) is 4.90 Å². The molecule has 0 atom stereocenters. The van der Waals surface area contributed by atoms with Crippen molar-refractivity contribution >= 4 is 29.8 Å². The molecule has 14 nitrogen and oxygen atoms in total. The fraction of sp³-hybridized carbons (Fsp3) is 0.816. The second kappa shape index (κ2) is 20.2. The van der Waals surface area contributed by atoms with Crippen LogP contribution in [0.5, 0.6) is 0 Å². The van der Waals surface area contributed by atoms with Gasteiger partial charge in [0.05, 0.1) is 19.6 Å². The van der Waals surface area contributed by atoms with E-state index < -0.39 is 34.3 Å². The van der Waals surface area contributed by atoms with Crippen LogP contribution in [0.1, 0.15) is 96.9 Å². The van der Waals surface area contributed by atoms with Crippen LogP contribution in [0.2, 0.25) is 0 Å². The lowest BCUT2D eigenvalue weighted by Gasteiger charge is -2.33. The third kappa shape index (κ3) is 23.2. The first-order chi connectivity index (χ1) is 23.6. The van der Waals surface area contributed by atoms with Gasteiger partial charge in [0.15, 0.2) is 0 Å². The standard InChI is InChI=1S/C38H69N5O9/c1-29(2)23-43(28-34(48)52-38(12,13)14)30(44)24-39-15-17-40(25-31(45)49-35(3,4)5)19-21-42(27-33(47)51-37(9,10)11)22-20-41(18-16-39)26-32(46)50-36(6,7)8/h15,17,29H,16,18-28H2,1-14H3/b17-15-. The Hall–Kier alpha value is -3.39. The van der Waals surface area contributed by atoms with Crippen LogP contribution in [0.3, 0.4) is 0 Å².